The van der Waals surface area contributed by atoms with E-state index in [1.165, 1.54) is 29.5 Å². The van der Waals surface area contributed by atoms with E-state index in [2.05, 4.69) is 38.2 Å². The molecule has 3 nitrogen and oxygen atoms in total. The van der Waals surface area contributed by atoms with Crippen LogP contribution in [-0.2, 0) is 11.3 Å². The summed E-state index contributed by atoms with van der Waals surface area (Å²) in [4.78, 5) is 0. The number of hydrogen-bond acceptors (Lipinski definition) is 3. The van der Waals surface area contributed by atoms with Crippen LogP contribution >= 0.6 is 0 Å². The van der Waals surface area contributed by atoms with Crippen molar-refractivity contribution in [3.8, 4) is 5.75 Å². The van der Waals surface area contributed by atoms with Crippen LogP contribution in [-0.4, -0.2) is 19.9 Å². The monoisotopic (exact) mass is 263 g/mol. The zero-order valence-corrected chi connectivity index (χ0v) is 12.3. The molecule has 1 aliphatic rings. The van der Waals surface area contributed by atoms with Crippen LogP contribution in [0.5, 0.6) is 5.75 Å². The fourth-order valence-electron chi connectivity index (χ4n) is 2.24. The van der Waals surface area contributed by atoms with Gasteiger partial charge in [-0.1, -0.05) is 19.1 Å². The summed E-state index contributed by atoms with van der Waals surface area (Å²) in [5.41, 5.74) is 3.67. The molecule has 0 aliphatic heterocycles. The van der Waals surface area contributed by atoms with Gasteiger partial charge in [-0.25, -0.2) is 0 Å². The molecule has 1 N–H and O–H groups in total. The first-order valence-corrected chi connectivity index (χ1v) is 7.22. The second-order valence-electron chi connectivity index (χ2n) is 5.42. The number of nitrogens with one attached hydrogen (secondary N) is 1. The lowest BCUT2D eigenvalue weighted by atomic mass is 10.1. The van der Waals surface area contributed by atoms with Crippen LogP contribution in [0.2, 0.25) is 0 Å². The fourth-order valence-corrected chi connectivity index (χ4v) is 2.24. The molecule has 3 heteroatoms. The van der Waals surface area contributed by atoms with Gasteiger partial charge in [0.05, 0.1) is 6.61 Å². The van der Waals surface area contributed by atoms with Crippen molar-refractivity contribution in [1.82, 2.24) is 5.32 Å². The molecular weight excluding hydrogens is 238 g/mol. The molecule has 1 fully saturated rings. The average Bonchev–Trinajstić information content (AvgIpc) is 3.18. The topological polar surface area (TPSA) is 30.5 Å². The van der Waals surface area contributed by atoms with Crippen LogP contribution in [0.4, 0.5) is 0 Å². The van der Waals surface area contributed by atoms with Crippen LogP contribution in [0.15, 0.2) is 12.1 Å². The summed E-state index contributed by atoms with van der Waals surface area (Å²) in [6.45, 7) is 9.43. The van der Waals surface area contributed by atoms with E-state index in [1.54, 1.807) is 0 Å². The molecule has 0 spiro atoms. The van der Waals surface area contributed by atoms with Gasteiger partial charge in [0.1, 0.15) is 5.75 Å². The van der Waals surface area contributed by atoms with Gasteiger partial charge in [0.15, 0.2) is 6.79 Å². The van der Waals surface area contributed by atoms with Gasteiger partial charge >= 0.3 is 0 Å². The van der Waals surface area contributed by atoms with Crippen LogP contribution in [0, 0.1) is 19.8 Å². The van der Waals surface area contributed by atoms with Crippen molar-refractivity contribution in [3.63, 3.8) is 0 Å². The van der Waals surface area contributed by atoms with Crippen molar-refractivity contribution in [2.75, 3.05) is 19.9 Å². The Balaban J connectivity index is 1.87. The highest BCUT2D eigenvalue weighted by molar-refractivity contribution is 5.43. The Labute approximate surface area is 116 Å². The Hall–Kier alpha value is -1.06. The number of rotatable bonds is 8. The zero-order chi connectivity index (χ0) is 13.7. The molecule has 0 radical (unpaired) electrons. The molecule has 0 amide bonds. The van der Waals surface area contributed by atoms with E-state index in [0.717, 1.165) is 31.4 Å². The summed E-state index contributed by atoms with van der Waals surface area (Å²) in [5, 5.41) is 3.34. The van der Waals surface area contributed by atoms with E-state index in [1.807, 2.05) is 0 Å². The highest BCUT2D eigenvalue weighted by Gasteiger charge is 2.21. The maximum absolute atomic E-state index is 5.76. The first-order valence-electron chi connectivity index (χ1n) is 7.22. The summed E-state index contributed by atoms with van der Waals surface area (Å²) >= 11 is 0. The molecule has 0 saturated heterocycles. The van der Waals surface area contributed by atoms with E-state index in [-0.39, 0.29) is 0 Å². The van der Waals surface area contributed by atoms with E-state index >= 15 is 0 Å². The molecule has 0 unspecified atom stereocenters. The summed E-state index contributed by atoms with van der Waals surface area (Å²) in [5.74, 6) is 1.75. The third-order valence-corrected chi connectivity index (χ3v) is 3.44. The van der Waals surface area contributed by atoms with E-state index in [4.69, 9.17) is 9.47 Å². The normalized spacial score (nSPS) is 14.7. The van der Waals surface area contributed by atoms with Crippen LogP contribution in [0.25, 0.3) is 0 Å². The maximum atomic E-state index is 5.76. The van der Waals surface area contributed by atoms with E-state index in [9.17, 15) is 0 Å². The Bertz CT molecular complexity index is 390. The molecule has 106 valence electrons. The second-order valence-corrected chi connectivity index (χ2v) is 5.42. The summed E-state index contributed by atoms with van der Waals surface area (Å²) in [6.07, 6.45) is 2.63. The minimum absolute atomic E-state index is 0.366. The largest absolute Gasteiger partial charge is 0.467 e. The summed E-state index contributed by atoms with van der Waals surface area (Å²) in [7, 11) is 0. The molecular formula is C16H25NO2. The van der Waals surface area contributed by atoms with Crippen LogP contribution < -0.4 is 10.1 Å². The van der Waals surface area contributed by atoms with Gasteiger partial charge in [0.2, 0.25) is 0 Å². The molecule has 2 rings (SSSR count). The minimum Gasteiger partial charge on any atom is -0.467 e. The Morgan fingerprint density at radius 3 is 2.47 bits per heavy atom. The number of hydrogen-bond donors (Lipinski definition) is 1. The van der Waals surface area contributed by atoms with Gasteiger partial charge in [0, 0.05) is 6.54 Å². The van der Waals surface area contributed by atoms with Crippen molar-refractivity contribution in [2.24, 2.45) is 5.92 Å². The predicted molar refractivity (Wildman–Crippen MR) is 77.5 cm³/mol. The Morgan fingerprint density at radius 2 is 1.89 bits per heavy atom. The second kappa shape index (κ2) is 6.92. The van der Waals surface area contributed by atoms with Gasteiger partial charge in [-0.15, -0.1) is 0 Å². The lowest BCUT2D eigenvalue weighted by Gasteiger charge is -2.14. The van der Waals surface area contributed by atoms with Crippen molar-refractivity contribution in [2.45, 2.75) is 40.2 Å². The van der Waals surface area contributed by atoms with Crippen molar-refractivity contribution in [1.29, 1.82) is 0 Å². The molecule has 19 heavy (non-hydrogen) atoms. The van der Waals surface area contributed by atoms with Crippen molar-refractivity contribution >= 4 is 0 Å². The number of ether oxygens (including phenoxy) is 2. The maximum Gasteiger partial charge on any atom is 0.189 e. The third kappa shape index (κ3) is 4.51. The highest BCUT2D eigenvalue weighted by Crippen LogP contribution is 2.29. The molecule has 1 saturated carbocycles. The van der Waals surface area contributed by atoms with Crippen molar-refractivity contribution in [3.05, 3.63) is 28.8 Å². The fraction of sp³-hybridized carbons (Fsp3) is 0.625. The molecule has 1 aliphatic carbocycles. The first kappa shape index (κ1) is 14.4. The van der Waals surface area contributed by atoms with Crippen molar-refractivity contribution < 1.29 is 9.47 Å². The number of benzene rings is 1. The van der Waals surface area contributed by atoms with Gasteiger partial charge < -0.3 is 14.8 Å². The Morgan fingerprint density at radius 1 is 1.21 bits per heavy atom. The summed E-state index contributed by atoms with van der Waals surface area (Å²) < 4.78 is 11.3. The third-order valence-electron chi connectivity index (χ3n) is 3.44. The molecule has 0 heterocycles. The zero-order valence-electron chi connectivity index (χ0n) is 12.3. The molecule has 0 aromatic heterocycles. The lowest BCUT2D eigenvalue weighted by molar-refractivity contribution is 0.00922. The Kier molecular flexibility index (Phi) is 5.23. The van der Waals surface area contributed by atoms with Gasteiger partial charge in [-0.3, -0.25) is 0 Å². The van der Waals surface area contributed by atoms with Gasteiger partial charge in [-0.05, 0) is 55.8 Å². The molecule has 1 aromatic carbocycles. The molecule has 0 bridgehead atoms. The standard InChI is InChI=1S/C16H25NO2/c1-4-17-9-15-7-12(2)16(13(3)8-15)19-11-18-10-14-5-6-14/h7-8,14,17H,4-6,9-11H2,1-3H3. The van der Waals surface area contributed by atoms with Crippen LogP contribution in [0.1, 0.15) is 36.5 Å². The quantitative estimate of drug-likeness (QED) is 0.577. The van der Waals surface area contributed by atoms with E-state index in [0.29, 0.717) is 6.79 Å². The van der Waals surface area contributed by atoms with Crippen LogP contribution in [0.3, 0.4) is 0 Å². The summed E-state index contributed by atoms with van der Waals surface area (Å²) in [6, 6.07) is 4.37. The number of aryl methyl sites for hydroxylation is 2. The predicted octanol–water partition coefficient (Wildman–Crippen LogP) is 3.18. The SMILES string of the molecule is CCNCc1cc(C)c(OCOCC2CC2)c(C)c1. The minimum atomic E-state index is 0.366. The molecule has 1 aromatic rings. The highest BCUT2D eigenvalue weighted by atomic mass is 16.7. The first-order chi connectivity index (χ1) is 9.20. The van der Waals surface area contributed by atoms with Gasteiger partial charge in [-0.2, -0.15) is 0 Å². The van der Waals surface area contributed by atoms with E-state index < -0.39 is 0 Å². The average molecular weight is 263 g/mol. The smallest absolute Gasteiger partial charge is 0.189 e. The molecule has 0 atom stereocenters. The van der Waals surface area contributed by atoms with Gasteiger partial charge in [0.25, 0.3) is 0 Å². The lowest BCUT2D eigenvalue weighted by Crippen LogP contribution is -2.12.